The maximum Gasteiger partial charge on any atom is 0.00698 e. The molecule has 0 spiro atoms. The lowest BCUT2D eigenvalue weighted by Crippen LogP contribution is -2.40. The van der Waals surface area contributed by atoms with Gasteiger partial charge in [-0.25, -0.2) is 0 Å². The van der Waals surface area contributed by atoms with Crippen LogP contribution in [0.3, 0.4) is 0 Å². The maximum absolute atomic E-state index is 6.09. The maximum atomic E-state index is 6.09. The van der Waals surface area contributed by atoms with Crippen molar-refractivity contribution < 1.29 is 0 Å². The van der Waals surface area contributed by atoms with Crippen LogP contribution in [0.15, 0.2) is 0 Å². The Kier molecular flexibility index (Phi) is 2.17. The smallest absolute Gasteiger partial charge is 0.00698 e. The second-order valence-corrected chi connectivity index (χ2v) is 4.30. The zero-order valence-electron chi connectivity index (χ0n) is 7.26. The second-order valence-electron chi connectivity index (χ2n) is 4.30. The van der Waals surface area contributed by atoms with Crippen molar-refractivity contribution in [3.63, 3.8) is 0 Å². The SMILES string of the molecule is N[C@@H]1CCC[C@H]2CCCC[C@@H]21. The Labute approximate surface area is 69.4 Å². The molecule has 3 atom stereocenters. The minimum Gasteiger partial charge on any atom is -0.327 e. The molecule has 0 bridgehead atoms. The molecule has 2 fully saturated rings. The molecule has 0 aromatic rings. The van der Waals surface area contributed by atoms with Crippen LogP contribution in [0.25, 0.3) is 0 Å². The molecule has 2 aliphatic carbocycles. The van der Waals surface area contributed by atoms with Crippen LogP contribution in [-0.2, 0) is 0 Å². The van der Waals surface area contributed by atoms with Crippen molar-refractivity contribution in [3.8, 4) is 0 Å². The number of fused-ring (bicyclic) bond motifs is 1. The van der Waals surface area contributed by atoms with Crippen LogP contribution in [0.5, 0.6) is 0 Å². The van der Waals surface area contributed by atoms with Crippen molar-refractivity contribution in [1.29, 1.82) is 0 Å². The van der Waals surface area contributed by atoms with Crippen LogP contribution in [0, 0.1) is 11.8 Å². The Morgan fingerprint density at radius 1 is 0.818 bits per heavy atom. The Balaban J connectivity index is 1.99. The lowest BCUT2D eigenvalue weighted by Gasteiger charge is -2.39. The Bertz CT molecular complexity index is 131. The molecule has 0 radical (unpaired) electrons. The van der Waals surface area contributed by atoms with Gasteiger partial charge in [-0.2, -0.15) is 0 Å². The lowest BCUT2D eigenvalue weighted by atomic mass is 9.69. The van der Waals surface area contributed by atoms with E-state index in [2.05, 4.69) is 0 Å². The van der Waals surface area contributed by atoms with E-state index in [-0.39, 0.29) is 0 Å². The quantitative estimate of drug-likeness (QED) is 0.568. The predicted molar refractivity (Wildman–Crippen MR) is 47.3 cm³/mol. The van der Waals surface area contributed by atoms with Gasteiger partial charge in [0.1, 0.15) is 0 Å². The van der Waals surface area contributed by atoms with E-state index in [4.69, 9.17) is 5.73 Å². The van der Waals surface area contributed by atoms with Crippen molar-refractivity contribution in [2.24, 2.45) is 17.6 Å². The van der Waals surface area contributed by atoms with Crippen molar-refractivity contribution in [2.45, 2.75) is 51.0 Å². The van der Waals surface area contributed by atoms with Crippen molar-refractivity contribution >= 4 is 0 Å². The van der Waals surface area contributed by atoms with Crippen LogP contribution in [0.4, 0.5) is 0 Å². The van der Waals surface area contributed by atoms with E-state index in [1.807, 2.05) is 0 Å². The van der Waals surface area contributed by atoms with Gasteiger partial charge in [0.25, 0.3) is 0 Å². The first-order valence-electron chi connectivity index (χ1n) is 5.13. The predicted octanol–water partition coefficient (Wildman–Crippen LogP) is 2.30. The Morgan fingerprint density at radius 3 is 2.36 bits per heavy atom. The molecule has 0 aromatic heterocycles. The van der Waals surface area contributed by atoms with Gasteiger partial charge in [-0.05, 0) is 24.7 Å². The van der Waals surface area contributed by atoms with Gasteiger partial charge in [-0.1, -0.05) is 32.1 Å². The van der Waals surface area contributed by atoms with Crippen molar-refractivity contribution in [2.75, 3.05) is 0 Å². The minimum absolute atomic E-state index is 0.550. The Hall–Kier alpha value is -0.0400. The van der Waals surface area contributed by atoms with Gasteiger partial charge in [0.05, 0.1) is 0 Å². The monoisotopic (exact) mass is 153 g/mol. The van der Waals surface area contributed by atoms with Gasteiger partial charge >= 0.3 is 0 Å². The van der Waals surface area contributed by atoms with Crippen LogP contribution in [-0.4, -0.2) is 6.04 Å². The fourth-order valence-electron chi connectivity index (χ4n) is 2.99. The first-order valence-corrected chi connectivity index (χ1v) is 5.13. The van der Waals surface area contributed by atoms with E-state index in [1.54, 1.807) is 0 Å². The highest BCUT2D eigenvalue weighted by atomic mass is 14.7. The summed E-state index contributed by atoms with van der Waals surface area (Å²) >= 11 is 0. The van der Waals surface area contributed by atoms with Crippen LogP contribution in [0.1, 0.15) is 44.9 Å². The van der Waals surface area contributed by atoms with Crippen molar-refractivity contribution in [1.82, 2.24) is 0 Å². The number of hydrogen-bond donors (Lipinski definition) is 1. The molecule has 2 saturated carbocycles. The highest BCUT2D eigenvalue weighted by Crippen LogP contribution is 2.39. The molecule has 0 aromatic carbocycles. The van der Waals surface area contributed by atoms with Gasteiger partial charge in [0.15, 0.2) is 0 Å². The summed E-state index contributed by atoms with van der Waals surface area (Å²) in [6.07, 6.45) is 9.95. The normalized spacial score (nSPS) is 45.0. The second kappa shape index (κ2) is 3.14. The van der Waals surface area contributed by atoms with Crippen LogP contribution >= 0.6 is 0 Å². The first kappa shape index (κ1) is 7.60. The molecular formula is C10H19N. The lowest BCUT2D eigenvalue weighted by molar-refractivity contribution is 0.146. The zero-order valence-corrected chi connectivity index (χ0v) is 7.26. The third kappa shape index (κ3) is 1.44. The molecule has 0 amide bonds. The number of nitrogens with two attached hydrogens (primary N) is 1. The van der Waals surface area contributed by atoms with E-state index in [9.17, 15) is 0 Å². The fourth-order valence-corrected chi connectivity index (χ4v) is 2.99. The molecular weight excluding hydrogens is 134 g/mol. The largest absolute Gasteiger partial charge is 0.327 e. The summed E-state index contributed by atoms with van der Waals surface area (Å²) in [5.41, 5.74) is 6.09. The molecule has 2 N–H and O–H groups in total. The third-order valence-electron chi connectivity index (χ3n) is 3.63. The molecule has 1 heteroatoms. The van der Waals surface area contributed by atoms with Gasteiger partial charge < -0.3 is 5.73 Å². The summed E-state index contributed by atoms with van der Waals surface area (Å²) in [6.45, 7) is 0. The van der Waals surface area contributed by atoms with Gasteiger partial charge in [0.2, 0.25) is 0 Å². The molecule has 64 valence electrons. The summed E-state index contributed by atoms with van der Waals surface area (Å²) in [6, 6.07) is 0.550. The van der Waals surface area contributed by atoms with Gasteiger partial charge in [-0.15, -0.1) is 0 Å². The van der Waals surface area contributed by atoms with E-state index < -0.39 is 0 Å². The van der Waals surface area contributed by atoms with E-state index in [0.29, 0.717) is 6.04 Å². The molecule has 1 nitrogen and oxygen atoms in total. The number of hydrogen-bond acceptors (Lipinski definition) is 1. The molecule has 0 saturated heterocycles. The number of rotatable bonds is 0. The molecule has 2 rings (SSSR count). The first-order chi connectivity index (χ1) is 5.38. The molecule has 2 aliphatic rings. The topological polar surface area (TPSA) is 26.0 Å². The van der Waals surface area contributed by atoms with Crippen LogP contribution in [0.2, 0.25) is 0 Å². The molecule has 0 unspecified atom stereocenters. The minimum atomic E-state index is 0.550. The third-order valence-corrected chi connectivity index (χ3v) is 3.63. The fraction of sp³-hybridized carbons (Fsp3) is 1.00. The van der Waals surface area contributed by atoms with Crippen LogP contribution < -0.4 is 5.73 Å². The summed E-state index contributed by atoms with van der Waals surface area (Å²) in [5.74, 6) is 1.91. The molecule has 0 aliphatic heterocycles. The zero-order chi connectivity index (χ0) is 7.68. The summed E-state index contributed by atoms with van der Waals surface area (Å²) in [5, 5.41) is 0. The summed E-state index contributed by atoms with van der Waals surface area (Å²) in [4.78, 5) is 0. The van der Waals surface area contributed by atoms with Gasteiger partial charge in [0, 0.05) is 6.04 Å². The molecule has 11 heavy (non-hydrogen) atoms. The van der Waals surface area contributed by atoms with Gasteiger partial charge in [-0.3, -0.25) is 0 Å². The summed E-state index contributed by atoms with van der Waals surface area (Å²) < 4.78 is 0. The highest BCUT2D eigenvalue weighted by Gasteiger charge is 2.32. The average molecular weight is 153 g/mol. The standard InChI is InChI=1S/C10H19N/c11-10-7-3-5-8-4-1-2-6-9(8)10/h8-10H,1-7,11H2/t8-,9+,10-/m1/s1. The Morgan fingerprint density at radius 2 is 1.55 bits per heavy atom. The van der Waals surface area contributed by atoms with Crippen molar-refractivity contribution in [3.05, 3.63) is 0 Å². The van der Waals surface area contributed by atoms with E-state index >= 15 is 0 Å². The van der Waals surface area contributed by atoms with E-state index in [0.717, 1.165) is 11.8 Å². The molecule has 0 heterocycles. The van der Waals surface area contributed by atoms with E-state index in [1.165, 1.54) is 44.9 Å². The average Bonchev–Trinajstić information content (AvgIpc) is 2.06. The highest BCUT2D eigenvalue weighted by molar-refractivity contribution is 4.86. The summed E-state index contributed by atoms with van der Waals surface area (Å²) in [7, 11) is 0.